The Balaban J connectivity index is 1.58. The first-order valence-corrected chi connectivity index (χ1v) is 7.79. The van der Waals surface area contributed by atoms with Crippen molar-refractivity contribution in [2.45, 2.75) is 50.4 Å². The molecule has 2 aliphatic rings. The van der Waals surface area contributed by atoms with Crippen molar-refractivity contribution in [1.82, 2.24) is 15.1 Å². The number of aromatic nitrogens is 3. The summed E-state index contributed by atoms with van der Waals surface area (Å²) in [5.74, 6) is 1.51. The van der Waals surface area contributed by atoms with Crippen LogP contribution < -0.4 is 5.73 Å². The van der Waals surface area contributed by atoms with E-state index in [1.807, 2.05) is 12.3 Å². The average Bonchev–Trinajstić information content (AvgIpc) is 3.20. The maximum Gasteiger partial charge on any atom is 0.277 e. The largest absolute Gasteiger partial charge is 0.374 e. The van der Waals surface area contributed by atoms with Crippen LogP contribution in [0.4, 0.5) is 0 Å². The van der Waals surface area contributed by atoms with Crippen molar-refractivity contribution < 1.29 is 9.26 Å². The molecule has 106 valence electrons. The molecule has 6 nitrogen and oxygen atoms in total. The highest BCUT2D eigenvalue weighted by molar-refractivity contribution is 7.10. The zero-order valence-corrected chi connectivity index (χ0v) is 12.0. The zero-order chi connectivity index (χ0) is 13.7. The summed E-state index contributed by atoms with van der Waals surface area (Å²) in [6, 6.07) is -0.0740. The van der Waals surface area contributed by atoms with E-state index in [4.69, 9.17) is 15.0 Å². The van der Waals surface area contributed by atoms with Crippen LogP contribution in [0.3, 0.4) is 0 Å². The first-order chi connectivity index (χ1) is 9.70. The highest BCUT2D eigenvalue weighted by atomic mass is 32.1. The van der Waals surface area contributed by atoms with Gasteiger partial charge in [-0.1, -0.05) is 5.16 Å². The molecule has 0 spiro atoms. The molecule has 4 rings (SSSR count). The number of nitrogens with two attached hydrogens (primary N) is 1. The van der Waals surface area contributed by atoms with Crippen molar-refractivity contribution in [3.63, 3.8) is 0 Å². The van der Waals surface area contributed by atoms with Crippen LogP contribution in [0.15, 0.2) is 9.90 Å². The van der Waals surface area contributed by atoms with E-state index in [0.717, 1.165) is 30.1 Å². The number of rotatable bonds is 3. The van der Waals surface area contributed by atoms with E-state index >= 15 is 0 Å². The Kier molecular flexibility index (Phi) is 2.87. The molecular weight excluding hydrogens is 276 g/mol. The molecule has 2 aromatic heterocycles. The van der Waals surface area contributed by atoms with Crippen LogP contribution in [-0.4, -0.2) is 27.3 Å². The number of hydrogen-bond acceptors (Lipinski definition) is 7. The fourth-order valence-electron chi connectivity index (χ4n) is 2.99. The lowest BCUT2D eigenvalue weighted by atomic mass is 9.89. The molecule has 4 unspecified atom stereocenters. The van der Waals surface area contributed by atoms with E-state index in [2.05, 4.69) is 15.1 Å². The van der Waals surface area contributed by atoms with Crippen molar-refractivity contribution in [2.75, 3.05) is 0 Å². The van der Waals surface area contributed by atoms with E-state index in [1.165, 1.54) is 11.3 Å². The molecule has 0 amide bonds. The van der Waals surface area contributed by atoms with Gasteiger partial charge in [0.15, 0.2) is 5.82 Å². The monoisotopic (exact) mass is 292 g/mol. The molecule has 7 heteroatoms. The fraction of sp³-hybridized carbons (Fsp3) is 0.615. The van der Waals surface area contributed by atoms with Crippen LogP contribution in [0.25, 0.3) is 11.6 Å². The van der Waals surface area contributed by atoms with Crippen LogP contribution in [0.1, 0.15) is 49.0 Å². The summed E-state index contributed by atoms with van der Waals surface area (Å²) in [6.45, 7) is 1.91. The number of hydrogen-bond donors (Lipinski definition) is 1. The molecule has 0 radical (unpaired) electrons. The molecule has 2 aromatic rings. The predicted octanol–water partition coefficient (Wildman–Crippen LogP) is 2.25. The second-order valence-corrected chi connectivity index (χ2v) is 6.42. The van der Waals surface area contributed by atoms with E-state index in [1.54, 1.807) is 0 Å². The Labute approximate surface area is 120 Å². The molecule has 2 bridgehead atoms. The molecule has 4 atom stereocenters. The van der Waals surface area contributed by atoms with Crippen molar-refractivity contribution in [1.29, 1.82) is 0 Å². The summed E-state index contributed by atoms with van der Waals surface area (Å²) >= 11 is 1.52. The minimum absolute atomic E-state index is 0.0740. The second-order valence-electron chi connectivity index (χ2n) is 5.53. The minimum atomic E-state index is -0.0740. The van der Waals surface area contributed by atoms with Crippen molar-refractivity contribution >= 4 is 11.3 Å². The van der Waals surface area contributed by atoms with Gasteiger partial charge in [-0.25, -0.2) is 4.98 Å². The summed E-state index contributed by atoms with van der Waals surface area (Å²) in [5.41, 5.74) is 6.53. The maximum absolute atomic E-state index is 5.84. The predicted molar refractivity (Wildman–Crippen MR) is 73.3 cm³/mol. The standard InChI is InChI=1S/C13H16N4O2S/c1-6(14)13-15-9(5-20-13)12-16-11(17-19-12)8-4-7-2-3-10(8)18-7/h5-8,10H,2-4,14H2,1H3. The summed E-state index contributed by atoms with van der Waals surface area (Å²) in [5, 5.41) is 6.90. The van der Waals surface area contributed by atoms with Crippen molar-refractivity contribution in [3.8, 4) is 11.6 Å². The Bertz CT molecular complexity index is 623. The van der Waals surface area contributed by atoms with Crippen LogP contribution in [0.2, 0.25) is 0 Å². The molecule has 0 aliphatic carbocycles. The lowest BCUT2D eigenvalue weighted by Crippen LogP contribution is -2.15. The van der Waals surface area contributed by atoms with Gasteiger partial charge in [-0.15, -0.1) is 11.3 Å². The van der Waals surface area contributed by atoms with E-state index in [-0.39, 0.29) is 18.1 Å². The number of ether oxygens (including phenoxy) is 1. The Morgan fingerprint density at radius 2 is 2.30 bits per heavy atom. The van der Waals surface area contributed by atoms with Crippen molar-refractivity contribution in [2.24, 2.45) is 5.73 Å². The van der Waals surface area contributed by atoms with Gasteiger partial charge in [-0.05, 0) is 26.2 Å². The molecule has 2 fully saturated rings. The average molecular weight is 292 g/mol. The van der Waals surface area contributed by atoms with E-state index in [0.29, 0.717) is 17.7 Å². The van der Waals surface area contributed by atoms with Crippen LogP contribution in [0, 0.1) is 0 Å². The summed E-state index contributed by atoms with van der Waals surface area (Å²) < 4.78 is 11.2. The Morgan fingerprint density at radius 3 is 2.95 bits per heavy atom. The third-order valence-electron chi connectivity index (χ3n) is 4.01. The summed E-state index contributed by atoms with van der Waals surface area (Å²) in [4.78, 5) is 8.93. The Morgan fingerprint density at radius 1 is 1.40 bits per heavy atom. The zero-order valence-electron chi connectivity index (χ0n) is 11.2. The number of thiazole rings is 1. The van der Waals surface area contributed by atoms with E-state index < -0.39 is 0 Å². The van der Waals surface area contributed by atoms with Gasteiger partial charge in [0.2, 0.25) is 0 Å². The van der Waals surface area contributed by atoms with Gasteiger partial charge >= 0.3 is 0 Å². The van der Waals surface area contributed by atoms with Crippen LogP contribution in [0.5, 0.6) is 0 Å². The fourth-order valence-corrected chi connectivity index (χ4v) is 3.75. The lowest BCUT2D eigenvalue weighted by molar-refractivity contribution is 0.0996. The number of fused-ring (bicyclic) bond motifs is 2. The third-order valence-corrected chi connectivity index (χ3v) is 5.06. The van der Waals surface area contributed by atoms with Gasteiger partial charge in [0.05, 0.1) is 24.2 Å². The topological polar surface area (TPSA) is 87.1 Å². The second kappa shape index (κ2) is 4.61. The minimum Gasteiger partial charge on any atom is -0.374 e. The van der Waals surface area contributed by atoms with Crippen LogP contribution >= 0.6 is 11.3 Å². The summed E-state index contributed by atoms with van der Waals surface area (Å²) in [7, 11) is 0. The summed E-state index contributed by atoms with van der Waals surface area (Å²) in [6.07, 6.45) is 3.92. The van der Waals surface area contributed by atoms with Crippen LogP contribution in [-0.2, 0) is 4.74 Å². The van der Waals surface area contributed by atoms with Gasteiger partial charge in [0.1, 0.15) is 10.7 Å². The molecule has 20 heavy (non-hydrogen) atoms. The molecule has 2 N–H and O–H groups in total. The van der Waals surface area contributed by atoms with Gasteiger partial charge in [-0.2, -0.15) is 4.98 Å². The molecule has 4 heterocycles. The first-order valence-electron chi connectivity index (χ1n) is 6.91. The first kappa shape index (κ1) is 12.4. The molecule has 2 aliphatic heterocycles. The quantitative estimate of drug-likeness (QED) is 0.933. The molecule has 0 saturated carbocycles. The van der Waals surface area contributed by atoms with Gasteiger partial charge in [0, 0.05) is 5.38 Å². The lowest BCUT2D eigenvalue weighted by Gasteiger charge is -2.13. The van der Waals surface area contributed by atoms with E-state index in [9.17, 15) is 0 Å². The molecule has 0 aromatic carbocycles. The van der Waals surface area contributed by atoms with Gasteiger partial charge in [-0.3, -0.25) is 0 Å². The van der Waals surface area contributed by atoms with Crippen molar-refractivity contribution in [3.05, 3.63) is 16.2 Å². The third kappa shape index (κ3) is 1.97. The smallest absolute Gasteiger partial charge is 0.277 e. The molecular formula is C13H16N4O2S. The highest BCUT2D eigenvalue weighted by Crippen LogP contribution is 2.43. The van der Waals surface area contributed by atoms with Gasteiger partial charge < -0.3 is 15.0 Å². The SMILES string of the molecule is CC(N)c1nc(-c2nc(C3CC4CCC3O4)no2)cs1. The normalized spacial score (nSPS) is 30.0. The van der Waals surface area contributed by atoms with Gasteiger partial charge in [0.25, 0.3) is 5.89 Å². The Hall–Kier alpha value is -1.31. The maximum atomic E-state index is 5.84. The highest BCUT2D eigenvalue weighted by Gasteiger charge is 2.43. The number of nitrogens with zero attached hydrogens (tertiary/aromatic N) is 3. The molecule has 2 saturated heterocycles.